The van der Waals surface area contributed by atoms with Crippen LogP contribution in [0.4, 0.5) is 28.8 Å². The fourth-order valence-corrected chi connectivity index (χ4v) is 4.93. The van der Waals surface area contributed by atoms with E-state index in [1.165, 1.54) is 32.4 Å². The lowest BCUT2D eigenvalue weighted by molar-refractivity contribution is -0.114. The Morgan fingerprint density at radius 3 is 2.66 bits per heavy atom. The number of hydrogen-bond acceptors (Lipinski definition) is 9. The molecule has 5 N–H and O–H groups in total. The van der Waals surface area contributed by atoms with Crippen LogP contribution in [0, 0.1) is 0 Å². The molecule has 2 aromatic heterocycles. The highest BCUT2D eigenvalue weighted by Gasteiger charge is 2.16. The number of carbonyl (C=O) groups is 2. The molecule has 12 heteroatoms. The molecule has 4 aromatic rings. The average Bonchev–Trinajstić information content (AvgIpc) is 3.34. The number of aryl methyl sites for hydroxylation is 1. The third-order valence-electron chi connectivity index (χ3n) is 6.97. The first-order valence-electron chi connectivity index (χ1n) is 13.8. The van der Waals surface area contributed by atoms with Crippen LogP contribution in [0.1, 0.15) is 43.0 Å². The van der Waals surface area contributed by atoms with Crippen molar-refractivity contribution in [3.05, 3.63) is 54.4 Å². The lowest BCUT2D eigenvalue weighted by atomic mass is 10.1. The number of nitrogens with two attached hydrogens (primary N) is 1. The highest BCUT2D eigenvalue weighted by Crippen LogP contribution is 2.31. The number of nitrogens with one attached hydrogen (secondary N) is 3. The molecule has 3 heterocycles. The van der Waals surface area contributed by atoms with Gasteiger partial charge in [0.2, 0.25) is 11.9 Å². The Kier molecular flexibility index (Phi) is 8.59. The molecular weight excluding hydrogens is 522 g/mol. The number of carbonyl (C=O) groups excluding carboxylic acids is 2. The second-order valence-electron chi connectivity index (χ2n) is 10.1. The van der Waals surface area contributed by atoms with Gasteiger partial charge in [0.1, 0.15) is 17.1 Å². The standard InChI is InChI=1S/C29H35N9O3/c1-19(39)33-24-16-20(10-11-26(24)41-15-7-14-38-12-4-3-5-13-38)34-29-31-17-22(27(30)40)28(36-29)35-23-8-6-9-25-21(23)18-32-37(25)2/h6,8-11,16-18H,3-5,7,12-15H2,1-2H3,(H2,30,40)(H,33,39)(H2,31,34,35,36). The summed E-state index contributed by atoms with van der Waals surface area (Å²) < 4.78 is 7.79. The first-order valence-corrected chi connectivity index (χ1v) is 13.8. The van der Waals surface area contributed by atoms with Gasteiger partial charge in [0, 0.05) is 37.8 Å². The molecule has 214 valence electrons. The zero-order valence-corrected chi connectivity index (χ0v) is 23.3. The van der Waals surface area contributed by atoms with Crippen molar-refractivity contribution in [2.24, 2.45) is 12.8 Å². The van der Waals surface area contributed by atoms with Crippen molar-refractivity contribution in [3.8, 4) is 5.75 Å². The number of hydrogen-bond donors (Lipinski definition) is 4. The minimum absolute atomic E-state index is 0.142. The maximum Gasteiger partial charge on any atom is 0.254 e. The van der Waals surface area contributed by atoms with E-state index in [0.29, 0.717) is 23.7 Å². The van der Waals surface area contributed by atoms with E-state index in [1.807, 2.05) is 31.3 Å². The summed E-state index contributed by atoms with van der Waals surface area (Å²) in [7, 11) is 1.86. The molecular formula is C29H35N9O3. The van der Waals surface area contributed by atoms with E-state index in [9.17, 15) is 9.59 Å². The molecule has 2 aromatic carbocycles. The molecule has 0 radical (unpaired) electrons. The molecule has 1 aliphatic heterocycles. The van der Waals surface area contributed by atoms with Gasteiger partial charge in [-0.3, -0.25) is 14.3 Å². The fraction of sp³-hybridized carbons (Fsp3) is 0.345. The predicted octanol–water partition coefficient (Wildman–Crippen LogP) is 4.16. The molecule has 1 saturated heterocycles. The SMILES string of the molecule is CC(=O)Nc1cc(Nc2ncc(C(N)=O)c(Nc3cccc4c3cnn4C)n2)ccc1OCCCN1CCCCC1. The number of rotatable bonds is 11. The predicted molar refractivity (Wildman–Crippen MR) is 159 cm³/mol. The Morgan fingerprint density at radius 2 is 1.88 bits per heavy atom. The second-order valence-corrected chi connectivity index (χ2v) is 10.1. The lowest BCUT2D eigenvalue weighted by Crippen LogP contribution is -2.31. The first kappa shape index (κ1) is 27.8. The second kappa shape index (κ2) is 12.6. The number of nitrogens with zero attached hydrogens (tertiary/aromatic N) is 5. The van der Waals surface area contributed by atoms with E-state index < -0.39 is 5.91 Å². The summed E-state index contributed by atoms with van der Waals surface area (Å²) in [5, 5.41) is 14.4. The maximum atomic E-state index is 12.1. The zero-order chi connectivity index (χ0) is 28.8. The summed E-state index contributed by atoms with van der Waals surface area (Å²) in [6.07, 6.45) is 7.85. The topological polar surface area (TPSA) is 152 Å². The van der Waals surface area contributed by atoms with Crippen molar-refractivity contribution < 1.29 is 14.3 Å². The van der Waals surface area contributed by atoms with Crippen molar-refractivity contribution in [1.82, 2.24) is 24.6 Å². The van der Waals surface area contributed by atoms with Crippen molar-refractivity contribution >= 4 is 51.5 Å². The monoisotopic (exact) mass is 557 g/mol. The summed E-state index contributed by atoms with van der Waals surface area (Å²) >= 11 is 0. The van der Waals surface area contributed by atoms with Gasteiger partial charge in [0.05, 0.1) is 29.7 Å². The lowest BCUT2D eigenvalue weighted by Gasteiger charge is -2.26. The normalized spacial score (nSPS) is 13.6. The summed E-state index contributed by atoms with van der Waals surface area (Å²) in [5.74, 6) is 0.203. The van der Waals surface area contributed by atoms with E-state index in [1.54, 1.807) is 23.0 Å². The van der Waals surface area contributed by atoms with Crippen LogP contribution in [0.2, 0.25) is 0 Å². The van der Waals surface area contributed by atoms with Crippen LogP contribution < -0.4 is 26.4 Å². The molecule has 0 aliphatic carbocycles. The van der Waals surface area contributed by atoms with Gasteiger partial charge in [-0.15, -0.1) is 0 Å². The van der Waals surface area contributed by atoms with Gasteiger partial charge in [0.25, 0.3) is 5.91 Å². The van der Waals surface area contributed by atoms with Crippen LogP contribution in [0.25, 0.3) is 10.9 Å². The van der Waals surface area contributed by atoms with E-state index >= 15 is 0 Å². The molecule has 0 spiro atoms. The van der Waals surface area contributed by atoms with E-state index in [0.717, 1.165) is 42.6 Å². The van der Waals surface area contributed by atoms with Gasteiger partial charge >= 0.3 is 0 Å². The molecule has 12 nitrogen and oxygen atoms in total. The van der Waals surface area contributed by atoms with Gasteiger partial charge in [0.15, 0.2) is 0 Å². The maximum absolute atomic E-state index is 12.1. The number of ether oxygens (including phenoxy) is 1. The smallest absolute Gasteiger partial charge is 0.254 e. The van der Waals surface area contributed by atoms with Crippen LogP contribution in [-0.2, 0) is 11.8 Å². The van der Waals surface area contributed by atoms with Crippen LogP contribution in [-0.4, -0.2) is 62.7 Å². The number of likely N-dealkylation sites (tertiary alicyclic amines) is 1. The number of primary amides is 1. The first-order chi connectivity index (χ1) is 19.9. The van der Waals surface area contributed by atoms with Gasteiger partial charge < -0.3 is 31.3 Å². The zero-order valence-electron chi connectivity index (χ0n) is 23.3. The van der Waals surface area contributed by atoms with Crippen molar-refractivity contribution in [3.63, 3.8) is 0 Å². The highest BCUT2D eigenvalue weighted by molar-refractivity contribution is 6.00. The van der Waals surface area contributed by atoms with Crippen molar-refractivity contribution in [2.75, 3.05) is 42.2 Å². The summed E-state index contributed by atoms with van der Waals surface area (Å²) in [4.78, 5) is 35.3. The van der Waals surface area contributed by atoms with Gasteiger partial charge in [-0.25, -0.2) is 4.98 Å². The third kappa shape index (κ3) is 6.90. The number of anilines is 5. The largest absolute Gasteiger partial charge is 0.491 e. The molecule has 1 aliphatic rings. The molecule has 0 atom stereocenters. The molecule has 2 amide bonds. The summed E-state index contributed by atoms with van der Waals surface area (Å²) in [6, 6.07) is 11.1. The molecule has 0 bridgehead atoms. The molecule has 0 unspecified atom stereocenters. The quantitative estimate of drug-likeness (QED) is 0.199. The molecule has 0 saturated carbocycles. The van der Waals surface area contributed by atoms with Crippen molar-refractivity contribution in [1.29, 1.82) is 0 Å². The van der Waals surface area contributed by atoms with Crippen LogP contribution in [0.3, 0.4) is 0 Å². The average molecular weight is 558 g/mol. The van der Waals surface area contributed by atoms with E-state index in [4.69, 9.17) is 10.5 Å². The van der Waals surface area contributed by atoms with Gasteiger partial charge in [-0.1, -0.05) is 12.5 Å². The minimum atomic E-state index is -0.660. The Hall–Kier alpha value is -4.71. The summed E-state index contributed by atoms with van der Waals surface area (Å²) in [6.45, 7) is 5.30. The van der Waals surface area contributed by atoms with Crippen LogP contribution in [0.5, 0.6) is 5.75 Å². The minimum Gasteiger partial charge on any atom is -0.491 e. The Balaban J connectivity index is 1.32. The Labute approximate surface area is 238 Å². The van der Waals surface area contributed by atoms with Gasteiger partial charge in [-0.2, -0.15) is 10.1 Å². The number of aromatic nitrogens is 4. The molecule has 1 fully saturated rings. The van der Waals surface area contributed by atoms with Gasteiger partial charge in [-0.05, 0) is 62.7 Å². The molecule has 41 heavy (non-hydrogen) atoms. The fourth-order valence-electron chi connectivity index (χ4n) is 4.93. The number of benzene rings is 2. The number of piperidine rings is 1. The highest BCUT2D eigenvalue weighted by atomic mass is 16.5. The van der Waals surface area contributed by atoms with Crippen molar-refractivity contribution in [2.45, 2.75) is 32.6 Å². The van der Waals surface area contributed by atoms with E-state index in [2.05, 4.69) is 35.9 Å². The number of fused-ring (bicyclic) bond motifs is 1. The van der Waals surface area contributed by atoms with E-state index in [-0.39, 0.29) is 23.2 Å². The molecule has 5 rings (SSSR count). The van der Waals surface area contributed by atoms with Crippen LogP contribution >= 0.6 is 0 Å². The van der Waals surface area contributed by atoms with Crippen LogP contribution in [0.15, 0.2) is 48.8 Å². The number of amides is 2. The Bertz CT molecular complexity index is 1550. The Morgan fingerprint density at radius 1 is 1.05 bits per heavy atom. The summed E-state index contributed by atoms with van der Waals surface area (Å²) in [5.41, 5.74) is 8.56. The third-order valence-corrected chi connectivity index (χ3v) is 6.97.